The molecule has 0 unspecified atom stereocenters. The van der Waals surface area contributed by atoms with Crippen molar-refractivity contribution in [3.8, 4) is 0 Å². The Morgan fingerprint density at radius 1 is 1.55 bits per heavy atom. The quantitative estimate of drug-likeness (QED) is 0.525. The van der Waals surface area contributed by atoms with Crippen LogP contribution >= 0.6 is 0 Å². The zero-order valence-corrected chi connectivity index (χ0v) is 7.17. The maximum Gasteiger partial charge on any atom is 0.0575 e. The molecular weight excluding hydrogens is 142 g/mol. The number of nitrogens with two attached hydrogens (primary N) is 1. The molecular formula is C8H17NO2. The highest BCUT2D eigenvalue weighted by Crippen LogP contribution is 2.43. The van der Waals surface area contributed by atoms with Crippen molar-refractivity contribution in [3.05, 3.63) is 0 Å². The normalized spacial score (nSPS) is 38.5. The maximum absolute atomic E-state index is 9.08. The van der Waals surface area contributed by atoms with Crippen molar-refractivity contribution >= 4 is 0 Å². The predicted molar refractivity (Wildman–Crippen MR) is 43.0 cm³/mol. The Kier molecular flexibility index (Phi) is 1.99. The number of hydrogen-bond acceptors (Lipinski definition) is 3. The second-order valence-electron chi connectivity index (χ2n) is 4.26. The summed E-state index contributed by atoms with van der Waals surface area (Å²) in [6.07, 6.45) is 0.965. The van der Waals surface area contributed by atoms with Gasteiger partial charge in [-0.3, -0.25) is 0 Å². The van der Waals surface area contributed by atoms with Crippen molar-refractivity contribution in [3.63, 3.8) is 0 Å². The van der Waals surface area contributed by atoms with Crippen LogP contribution in [0.3, 0.4) is 0 Å². The van der Waals surface area contributed by atoms with Crippen LogP contribution in [-0.4, -0.2) is 28.5 Å². The average Bonchev–Trinajstić information content (AvgIpc) is 1.85. The van der Waals surface area contributed by atoms with Crippen LogP contribution in [0.2, 0.25) is 0 Å². The summed E-state index contributed by atoms with van der Waals surface area (Å²) in [6.45, 7) is 3.94. The minimum Gasteiger partial charge on any atom is -0.396 e. The van der Waals surface area contributed by atoms with E-state index in [1.165, 1.54) is 0 Å². The van der Waals surface area contributed by atoms with Gasteiger partial charge < -0.3 is 15.9 Å². The van der Waals surface area contributed by atoms with Crippen LogP contribution in [-0.2, 0) is 0 Å². The van der Waals surface area contributed by atoms with E-state index in [9.17, 15) is 0 Å². The lowest BCUT2D eigenvalue weighted by Crippen LogP contribution is -2.64. The molecule has 0 aromatic carbocycles. The van der Waals surface area contributed by atoms with Crippen molar-refractivity contribution in [2.45, 2.75) is 38.3 Å². The molecule has 0 aromatic rings. The third-order valence-corrected chi connectivity index (χ3v) is 2.94. The van der Waals surface area contributed by atoms with Crippen molar-refractivity contribution in [2.75, 3.05) is 6.61 Å². The topological polar surface area (TPSA) is 66.5 Å². The maximum atomic E-state index is 9.08. The fraction of sp³-hybridized carbons (Fsp3) is 1.00. The van der Waals surface area contributed by atoms with Gasteiger partial charge in [-0.15, -0.1) is 0 Å². The molecule has 11 heavy (non-hydrogen) atoms. The van der Waals surface area contributed by atoms with E-state index in [2.05, 4.69) is 0 Å². The van der Waals surface area contributed by atoms with Crippen LogP contribution in [0.25, 0.3) is 0 Å². The van der Waals surface area contributed by atoms with Gasteiger partial charge in [0.25, 0.3) is 0 Å². The summed E-state index contributed by atoms with van der Waals surface area (Å²) in [5.74, 6) is 0. The fourth-order valence-corrected chi connectivity index (χ4v) is 1.49. The number of aliphatic hydroxyl groups is 2. The number of aliphatic hydroxyl groups excluding tert-OH is 2. The Morgan fingerprint density at radius 3 is 2.27 bits per heavy atom. The Bertz CT molecular complexity index is 150. The van der Waals surface area contributed by atoms with E-state index in [1.54, 1.807) is 0 Å². The fourth-order valence-electron chi connectivity index (χ4n) is 1.49. The third-order valence-electron chi connectivity index (χ3n) is 2.94. The highest BCUT2D eigenvalue weighted by atomic mass is 16.3. The molecule has 0 heterocycles. The molecule has 1 aliphatic carbocycles. The monoisotopic (exact) mass is 159 g/mol. The zero-order valence-electron chi connectivity index (χ0n) is 7.17. The summed E-state index contributed by atoms with van der Waals surface area (Å²) in [7, 11) is 0. The molecule has 1 aliphatic rings. The van der Waals surface area contributed by atoms with Crippen LogP contribution < -0.4 is 5.73 Å². The van der Waals surface area contributed by atoms with Crippen molar-refractivity contribution in [2.24, 2.45) is 11.1 Å². The van der Waals surface area contributed by atoms with Gasteiger partial charge in [-0.1, -0.05) is 13.8 Å². The second kappa shape index (κ2) is 2.44. The molecule has 3 heteroatoms. The smallest absolute Gasteiger partial charge is 0.0575 e. The zero-order chi connectivity index (χ0) is 8.70. The molecule has 0 bridgehead atoms. The van der Waals surface area contributed by atoms with Crippen molar-refractivity contribution < 1.29 is 10.2 Å². The first-order chi connectivity index (χ1) is 4.91. The minimum absolute atomic E-state index is 0.0796. The van der Waals surface area contributed by atoms with Gasteiger partial charge >= 0.3 is 0 Å². The number of hydrogen-bond donors (Lipinski definition) is 3. The molecule has 1 fully saturated rings. The van der Waals surface area contributed by atoms with Crippen LogP contribution in [0.1, 0.15) is 26.7 Å². The molecule has 0 atom stereocenters. The van der Waals surface area contributed by atoms with E-state index in [0.29, 0.717) is 12.8 Å². The van der Waals surface area contributed by atoms with Crippen LogP contribution in [0.5, 0.6) is 0 Å². The molecule has 0 radical (unpaired) electrons. The van der Waals surface area contributed by atoms with E-state index in [0.717, 1.165) is 0 Å². The summed E-state index contributed by atoms with van der Waals surface area (Å²) in [6, 6.07) is 0. The molecule has 1 saturated carbocycles. The van der Waals surface area contributed by atoms with E-state index < -0.39 is 0 Å². The lowest BCUT2D eigenvalue weighted by atomic mass is 9.60. The van der Waals surface area contributed by atoms with Gasteiger partial charge in [0.15, 0.2) is 0 Å². The SMILES string of the molecule is CC(C)(CO)C1(N)CC(O)C1. The molecule has 66 valence electrons. The summed E-state index contributed by atoms with van der Waals surface area (Å²) < 4.78 is 0. The van der Waals surface area contributed by atoms with Gasteiger partial charge in [0.2, 0.25) is 0 Å². The van der Waals surface area contributed by atoms with Gasteiger partial charge in [-0.05, 0) is 12.8 Å². The highest BCUT2D eigenvalue weighted by Gasteiger charge is 2.50. The van der Waals surface area contributed by atoms with E-state index in [-0.39, 0.29) is 23.7 Å². The van der Waals surface area contributed by atoms with Gasteiger partial charge in [0, 0.05) is 17.6 Å². The third kappa shape index (κ3) is 1.28. The van der Waals surface area contributed by atoms with E-state index in [4.69, 9.17) is 15.9 Å². The van der Waals surface area contributed by atoms with Crippen molar-refractivity contribution in [1.82, 2.24) is 0 Å². The summed E-state index contributed by atoms with van der Waals surface area (Å²) in [5.41, 5.74) is 5.33. The van der Waals surface area contributed by atoms with Gasteiger partial charge in [0.1, 0.15) is 0 Å². The molecule has 0 aromatic heterocycles. The summed E-state index contributed by atoms with van der Waals surface area (Å²) in [5, 5.41) is 18.1. The van der Waals surface area contributed by atoms with Crippen LogP contribution in [0.15, 0.2) is 0 Å². The molecule has 3 nitrogen and oxygen atoms in total. The standard InChI is InChI=1S/C8H17NO2/c1-7(2,5-10)8(9)3-6(11)4-8/h6,10-11H,3-5,9H2,1-2H3. The lowest BCUT2D eigenvalue weighted by molar-refractivity contribution is -0.0597. The van der Waals surface area contributed by atoms with Gasteiger partial charge in [-0.2, -0.15) is 0 Å². The largest absolute Gasteiger partial charge is 0.396 e. The van der Waals surface area contributed by atoms with Crippen LogP contribution in [0, 0.1) is 5.41 Å². The first-order valence-electron chi connectivity index (χ1n) is 3.99. The van der Waals surface area contributed by atoms with E-state index in [1.807, 2.05) is 13.8 Å². The Balaban J connectivity index is 2.60. The minimum atomic E-state index is -0.360. The Hall–Kier alpha value is -0.120. The first kappa shape index (κ1) is 8.97. The molecule has 1 rings (SSSR count). The van der Waals surface area contributed by atoms with Crippen molar-refractivity contribution in [1.29, 1.82) is 0 Å². The predicted octanol–water partition coefficient (Wildman–Crippen LogP) is -0.143. The first-order valence-corrected chi connectivity index (χ1v) is 3.99. The molecule has 0 spiro atoms. The van der Waals surface area contributed by atoms with E-state index >= 15 is 0 Å². The lowest BCUT2D eigenvalue weighted by Gasteiger charge is -2.52. The Morgan fingerprint density at radius 2 is 2.00 bits per heavy atom. The van der Waals surface area contributed by atoms with Gasteiger partial charge in [0.05, 0.1) is 6.10 Å². The number of rotatable bonds is 2. The molecule has 0 saturated heterocycles. The molecule has 4 N–H and O–H groups in total. The summed E-state index contributed by atoms with van der Waals surface area (Å²) in [4.78, 5) is 0. The van der Waals surface area contributed by atoms with Crippen LogP contribution in [0.4, 0.5) is 0 Å². The molecule has 0 amide bonds. The second-order valence-corrected chi connectivity index (χ2v) is 4.26. The average molecular weight is 159 g/mol. The Labute approximate surface area is 67.2 Å². The summed E-state index contributed by atoms with van der Waals surface area (Å²) >= 11 is 0. The molecule has 0 aliphatic heterocycles. The highest BCUT2D eigenvalue weighted by molar-refractivity contribution is 5.07. The van der Waals surface area contributed by atoms with Gasteiger partial charge in [-0.25, -0.2) is 0 Å².